The van der Waals surface area contributed by atoms with E-state index in [4.69, 9.17) is 15.2 Å². The molecule has 0 aromatic carbocycles. The number of hydrogen-bond acceptors (Lipinski definition) is 4. The number of nitrogens with one attached hydrogen (secondary N) is 1. The zero-order valence-electron chi connectivity index (χ0n) is 10.4. The molecule has 16 heavy (non-hydrogen) atoms. The van der Waals surface area contributed by atoms with Gasteiger partial charge in [-0.3, -0.25) is 0 Å². The maximum atomic E-state index is 6.04. The molecule has 2 fully saturated rings. The SMILES string of the molecule is CCOC1CC(NCC2(C)COCC2N)C1. The Morgan fingerprint density at radius 3 is 2.81 bits per heavy atom. The van der Waals surface area contributed by atoms with Gasteiger partial charge in [-0.1, -0.05) is 6.92 Å². The molecule has 1 saturated carbocycles. The van der Waals surface area contributed by atoms with Crippen LogP contribution >= 0.6 is 0 Å². The lowest BCUT2D eigenvalue weighted by atomic mass is 9.83. The fourth-order valence-electron chi connectivity index (χ4n) is 2.39. The lowest BCUT2D eigenvalue weighted by Crippen LogP contribution is -2.52. The van der Waals surface area contributed by atoms with E-state index in [1.807, 2.05) is 0 Å². The largest absolute Gasteiger partial charge is 0.379 e. The van der Waals surface area contributed by atoms with E-state index in [9.17, 15) is 0 Å². The Morgan fingerprint density at radius 1 is 1.50 bits per heavy atom. The topological polar surface area (TPSA) is 56.5 Å². The second-order valence-corrected chi connectivity index (χ2v) is 5.40. The fourth-order valence-corrected chi connectivity index (χ4v) is 2.39. The molecule has 0 spiro atoms. The molecule has 1 aliphatic carbocycles. The monoisotopic (exact) mass is 228 g/mol. The second kappa shape index (κ2) is 5.00. The molecular formula is C12H24N2O2. The van der Waals surface area contributed by atoms with Crippen LogP contribution in [0.15, 0.2) is 0 Å². The van der Waals surface area contributed by atoms with Crippen molar-refractivity contribution in [1.82, 2.24) is 5.32 Å². The molecule has 0 amide bonds. The van der Waals surface area contributed by atoms with Crippen LogP contribution in [0.25, 0.3) is 0 Å². The number of nitrogens with two attached hydrogens (primary N) is 1. The summed E-state index contributed by atoms with van der Waals surface area (Å²) in [5.74, 6) is 0. The molecular weight excluding hydrogens is 204 g/mol. The van der Waals surface area contributed by atoms with Gasteiger partial charge >= 0.3 is 0 Å². The molecule has 0 aromatic rings. The van der Waals surface area contributed by atoms with E-state index in [2.05, 4.69) is 19.2 Å². The molecule has 4 heteroatoms. The van der Waals surface area contributed by atoms with E-state index in [0.29, 0.717) is 18.8 Å². The van der Waals surface area contributed by atoms with Crippen LogP contribution in [0, 0.1) is 5.41 Å². The second-order valence-electron chi connectivity index (χ2n) is 5.40. The van der Waals surface area contributed by atoms with Gasteiger partial charge in [-0.15, -0.1) is 0 Å². The van der Waals surface area contributed by atoms with Gasteiger partial charge in [-0.25, -0.2) is 0 Å². The van der Waals surface area contributed by atoms with Gasteiger partial charge in [0.1, 0.15) is 0 Å². The minimum absolute atomic E-state index is 0.108. The van der Waals surface area contributed by atoms with Crippen LogP contribution in [0.5, 0.6) is 0 Å². The van der Waals surface area contributed by atoms with E-state index in [-0.39, 0.29) is 11.5 Å². The molecule has 0 bridgehead atoms. The minimum Gasteiger partial charge on any atom is -0.379 e. The van der Waals surface area contributed by atoms with Crippen LogP contribution in [-0.2, 0) is 9.47 Å². The van der Waals surface area contributed by atoms with Crippen molar-refractivity contribution in [3.8, 4) is 0 Å². The average molecular weight is 228 g/mol. The Balaban J connectivity index is 1.65. The summed E-state index contributed by atoms with van der Waals surface area (Å²) >= 11 is 0. The summed E-state index contributed by atoms with van der Waals surface area (Å²) in [4.78, 5) is 0. The molecule has 4 nitrogen and oxygen atoms in total. The highest BCUT2D eigenvalue weighted by molar-refractivity contribution is 4.94. The highest BCUT2D eigenvalue weighted by Gasteiger charge is 2.39. The quantitative estimate of drug-likeness (QED) is 0.720. The van der Waals surface area contributed by atoms with Crippen molar-refractivity contribution >= 4 is 0 Å². The van der Waals surface area contributed by atoms with E-state index >= 15 is 0 Å². The summed E-state index contributed by atoms with van der Waals surface area (Å²) in [5.41, 5.74) is 6.15. The van der Waals surface area contributed by atoms with Crippen molar-refractivity contribution in [1.29, 1.82) is 0 Å². The van der Waals surface area contributed by atoms with Crippen molar-refractivity contribution in [2.75, 3.05) is 26.4 Å². The smallest absolute Gasteiger partial charge is 0.0624 e. The van der Waals surface area contributed by atoms with Crippen molar-refractivity contribution in [3.63, 3.8) is 0 Å². The van der Waals surface area contributed by atoms with Gasteiger partial charge in [0.15, 0.2) is 0 Å². The number of hydrogen-bond donors (Lipinski definition) is 2. The normalized spacial score (nSPS) is 43.3. The third-order valence-corrected chi connectivity index (χ3v) is 3.92. The average Bonchev–Trinajstić information content (AvgIpc) is 2.51. The molecule has 0 radical (unpaired) electrons. The first kappa shape index (κ1) is 12.3. The Bertz CT molecular complexity index is 231. The van der Waals surface area contributed by atoms with Gasteiger partial charge < -0.3 is 20.5 Å². The van der Waals surface area contributed by atoms with Crippen molar-refractivity contribution in [2.45, 2.75) is 44.9 Å². The van der Waals surface area contributed by atoms with Crippen molar-refractivity contribution in [2.24, 2.45) is 11.1 Å². The van der Waals surface area contributed by atoms with Gasteiger partial charge in [0.2, 0.25) is 0 Å². The zero-order valence-corrected chi connectivity index (χ0v) is 10.4. The predicted octanol–water partition coefficient (Wildman–Crippen LogP) is 0.507. The van der Waals surface area contributed by atoms with Crippen molar-refractivity contribution < 1.29 is 9.47 Å². The lowest BCUT2D eigenvalue weighted by Gasteiger charge is -2.38. The Morgan fingerprint density at radius 2 is 2.25 bits per heavy atom. The summed E-state index contributed by atoms with van der Waals surface area (Å²) in [7, 11) is 0. The van der Waals surface area contributed by atoms with Gasteiger partial charge in [0.25, 0.3) is 0 Å². The molecule has 1 saturated heterocycles. The standard InChI is InChI=1S/C12H24N2O2/c1-3-16-10-4-9(5-10)14-7-12(2)8-15-6-11(12)13/h9-11,14H,3-8,13H2,1-2H3. The first-order valence-corrected chi connectivity index (χ1v) is 6.32. The Hall–Kier alpha value is -0.160. The number of ether oxygens (including phenoxy) is 2. The lowest BCUT2D eigenvalue weighted by molar-refractivity contribution is -0.0123. The van der Waals surface area contributed by atoms with Crippen molar-refractivity contribution in [3.05, 3.63) is 0 Å². The molecule has 3 N–H and O–H groups in total. The predicted molar refractivity (Wildman–Crippen MR) is 63.3 cm³/mol. The zero-order chi connectivity index (χ0) is 11.6. The van der Waals surface area contributed by atoms with Crippen LogP contribution in [0.4, 0.5) is 0 Å². The molecule has 2 atom stereocenters. The highest BCUT2D eigenvalue weighted by Crippen LogP contribution is 2.28. The Kier molecular flexibility index (Phi) is 3.85. The first-order valence-electron chi connectivity index (χ1n) is 6.32. The summed E-state index contributed by atoms with van der Waals surface area (Å²) in [6.07, 6.45) is 2.75. The van der Waals surface area contributed by atoms with Gasteiger partial charge in [0, 0.05) is 30.7 Å². The third kappa shape index (κ3) is 2.56. The van der Waals surface area contributed by atoms with Crippen LogP contribution in [0.2, 0.25) is 0 Å². The third-order valence-electron chi connectivity index (χ3n) is 3.92. The van der Waals surface area contributed by atoms with E-state index < -0.39 is 0 Å². The van der Waals surface area contributed by atoms with Crippen LogP contribution in [0.1, 0.15) is 26.7 Å². The summed E-state index contributed by atoms with van der Waals surface area (Å²) in [6, 6.07) is 0.781. The van der Waals surface area contributed by atoms with E-state index in [0.717, 1.165) is 32.6 Å². The maximum Gasteiger partial charge on any atom is 0.0624 e. The molecule has 1 aliphatic heterocycles. The van der Waals surface area contributed by atoms with Gasteiger partial charge in [-0.2, -0.15) is 0 Å². The molecule has 0 aromatic heterocycles. The summed E-state index contributed by atoms with van der Waals surface area (Å²) < 4.78 is 11.0. The van der Waals surface area contributed by atoms with Gasteiger partial charge in [0.05, 0.1) is 19.3 Å². The fraction of sp³-hybridized carbons (Fsp3) is 1.00. The van der Waals surface area contributed by atoms with E-state index in [1.165, 1.54) is 0 Å². The number of rotatable bonds is 5. The van der Waals surface area contributed by atoms with Crippen LogP contribution in [-0.4, -0.2) is 44.6 Å². The Labute approximate surface area is 97.9 Å². The van der Waals surface area contributed by atoms with Gasteiger partial charge in [-0.05, 0) is 19.8 Å². The maximum absolute atomic E-state index is 6.04. The molecule has 2 rings (SSSR count). The van der Waals surface area contributed by atoms with E-state index in [1.54, 1.807) is 0 Å². The van der Waals surface area contributed by atoms with Crippen LogP contribution in [0.3, 0.4) is 0 Å². The first-order chi connectivity index (χ1) is 7.64. The summed E-state index contributed by atoms with van der Waals surface area (Å²) in [6.45, 7) is 7.52. The molecule has 94 valence electrons. The molecule has 2 unspecified atom stereocenters. The summed E-state index contributed by atoms with van der Waals surface area (Å²) in [5, 5.41) is 3.58. The van der Waals surface area contributed by atoms with Crippen LogP contribution < -0.4 is 11.1 Å². The molecule has 1 heterocycles. The molecule has 2 aliphatic rings. The highest BCUT2D eigenvalue weighted by atomic mass is 16.5. The minimum atomic E-state index is 0.108.